The molecule has 1 saturated heterocycles. The normalized spacial score (nSPS) is 16.8. The Morgan fingerprint density at radius 2 is 1.63 bits per heavy atom. The van der Waals surface area contributed by atoms with Gasteiger partial charge in [0.05, 0.1) is 0 Å². The van der Waals surface area contributed by atoms with Gasteiger partial charge in [-0.2, -0.15) is 0 Å². The molecular formula is C24H32N2O. The summed E-state index contributed by atoms with van der Waals surface area (Å²) in [4.78, 5) is 17.5. The maximum atomic E-state index is 12.8. The number of piperidine rings is 1. The summed E-state index contributed by atoms with van der Waals surface area (Å²) in [6, 6.07) is 21.8. The third-order valence-corrected chi connectivity index (χ3v) is 5.63. The van der Waals surface area contributed by atoms with Crippen molar-refractivity contribution in [2.24, 2.45) is 0 Å². The zero-order chi connectivity index (χ0) is 19.1. The number of carbonyl (C=O) groups is 1. The first-order chi connectivity index (χ1) is 13.2. The molecule has 1 aliphatic heterocycles. The number of amides is 1. The quantitative estimate of drug-likeness (QED) is 0.696. The Labute approximate surface area is 164 Å². The Bertz CT molecular complexity index is 693. The van der Waals surface area contributed by atoms with Crippen LogP contribution in [0.15, 0.2) is 60.7 Å². The van der Waals surface area contributed by atoms with Gasteiger partial charge in [0.25, 0.3) is 0 Å². The van der Waals surface area contributed by atoms with Gasteiger partial charge in [0.2, 0.25) is 5.91 Å². The van der Waals surface area contributed by atoms with Gasteiger partial charge in [-0.15, -0.1) is 0 Å². The van der Waals surface area contributed by atoms with Crippen molar-refractivity contribution < 1.29 is 4.79 Å². The van der Waals surface area contributed by atoms with Crippen LogP contribution in [-0.4, -0.2) is 36.0 Å². The Morgan fingerprint density at radius 1 is 1.04 bits per heavy atom. The van der Waals surface area contributed by atoms with E-state index in [1.165, 1.54) is 5.56 Å². The molecule has 0 radical (unpaired) electrons. The lowest BCUT2D eigenvalue weighted by molar-refractivity contribution is -0.119. The summed E-state index contributed by atoms with van der Waals surface area (Å²) < 4.78 is 0. The number of benzene rings is 2. The van der Waals surface area contributed by atoms with Crippen LogP contribution < -0.4 is 4.90 Å². The van der Waals surface area contributed by atoms with Gasteiger partial charge in [-0.1, -0.05) is 55.5 Å². The molecule has 3 heteroatoms. The number of carbonyl (C=O) groups excluding carboxylic acids is 1. The van der Waals surface area contributed by atoms with Crippen molar-refractivity contribution in [2.75, 3.05) is 18.0 Å². The highest BCUT2D eigenvalue weighted by molar-refractivity contribution is 5.93. The molecule has 0 aromatic heterocycles. The first-order valence-electron chi connectivity index (χ1n) is 10.3. The molecule has 0 aliphatic carbocycles. The van der Waals surface area contributed by atoms with E-state index in [1.807, 2.05) is 18.2 Å². The predicted molar refractivity (Wildman–Crippen MR) is 113 cm³/mol. The number of likely N-dealkylation sites (tertiary alicyclic amines) is 1. The minimum absolute atomic E-state index is 0.263. The second-order valence-electron chi connectivity index (χ2n) is 7.66. The second kappa shape index (κ2) is 9.70. The molecule has 27 heavy (non-hydrogen) atoms. The van der Waals surface area contributed by atoms with E-state index in [4.69, 9.17) is 0 Å². The number of para-hydroxylation sites is 1. The molecule has 1 atom stereocenters. The van der Waals surface area contributed by atoms with Crippen LogP contribution in [0.25, 0.3) is 0 Å². The third kappa shape index (κ3) is 5.20. The summed E-state index contributed by atoms with van der Waals surface area (Å²) in [7, 11) is 0. The Balaban J connectivity index is 1.62. The lowest BCUT2D eigenvalue weighted by Crippen LogP contribution is -2.50. The third-order valence-electron chi connectivity index (χ3n) is 5.63. The molecule has 0 saturated carbocycles. The molecule has 1 unspecified atom stereocenters. The highest BCUT2D eigenvalue weighted by Gasteiger charge is 2.30. The van der Waals surface area contributed by atoms with E-state index in [0.29, 0.717) is 18.5 Å². The maximum Gasteiger partial charge on any atom is 0.227 e. The average molecular weight is 365 g/mol. The largest absolute Gasteiger partial charge is 0.309 e. The summed E-state index contributed by atoms with van der Waals surface area (Å²) in [6.07, 6.45) is 4.70. The molecule has 1 heterocycles. The van der Waals surface area contributed by atoms with Crippen molar-refractivity contribution >= 4 is 11.6 Å². The summed E-state index contributed by atoms with van der Waals surface area (Å²) in [5, 5.41) is 0. The van der Waals surface area contributed by atoms with Gasteiger partial charge in [0.1, 0.15) is 0 Å². The molecule has 144 valence electrons. The molecule has 2 aromatic rings. The van der Waals surface area contributed by atoms with Gasteiger partial charge < -0.3 is 9.80 Å². The zero-order valence-electron chi connectivity index (χ0n) is 16.7. The van der Waals surface area contributed by atoms with Crippen molar-refractivity contribution in [2.45, 2.75) is 58.0 Å². The lowest BCUT2D eigenvalue weighted by atomic mass is 9.98. The highest BCUT2D eigenvalue weighted by atomic mass is 16.2. The zero-order valence-corrected chi connectivity index (χ0v) is 16.7. The van der Waals surface area contributed by atoms with E-state index in [9.17, 15) is 4.79 Å². The van der Waals surface area contributed by atoms with E-state index in [-0.39, 0.29) is 5.91 Å². The first-order valence-corrected chi connectivity index (χ1v) is 10.3. The Kier molecular flexibility index (Phi) is 7.05. The summed E-state index contributed by atoms with van der Waals surface area (Å²) >= 11 is 0. The lowest BCUT2D eigenvalue weighted by Gasteiger charge is -2.41. The van der Waals surface area contributed by atoms with Crippen LogP contribution in [0, 0.1) is 0 Å². The van der Waals surface area contributed by atoms with E-state index in [0.717, 1.165) is 44.5 Å². The SMILES string of the molecule is CCCC(=O)N(c1ccccc1)C1CCN(C(C)Cc2ccccc2)CC1. The molecule has 1 amide bonds. The van der Waals surface area contributed by atoms with Crippen LogP contribution in [0.1, 0.15) is 45.1 Å². The molecular weight excluding hydrogens is 332 g/mol. The summed E-state index contributed by atoms with van der Waals surface area (Å²) in [6.45, 7) is 6.52. The van der Waals surface area contributed by atoms with Gasteiger partial charge in [-0.05, 0) is 50.3 Å². The molecule has 1 aliphatic rings. The standard InChI is InChI=1S/C24H32N2O/c1-3-10-24(27)26(22-13-8-5-9-14-22)23-15-17-25(18-16-23)20(2)19-21-11-6-4-7-12-21/h4-9,11-14,20,23H,3,10,15-19H2,1-2H3. The van der Waals surface area contributed by atoms with E-state index in [2.05, 4.69) is 66.1 Å². The molecule has 3 rings (SSSR count). The van der Waals surface area contributed by atoms with Crippen molar-refractivity contribution in [1.82, 2.24) is 4.90 Å². The molecule has 0 spiro atoms. The van der Waals surface area contributed by atoms with Crippen LogP contribution in [0.2, 0.25) is 0 Å². The van der Waals surface area contributed by atoms with Crippen molar-refractivity contribution in [3.8, 4) is 0 Å². The Morgan fingerprint density at radius 3 is 2.22 bits per heavy atom. The average Bonchev–Trinajstić information content (AvgIpc) is 2.70. The molecule has 0 N–H and O–H groups in total. The van der Waals surface area contributed by atoms with Gasteiger partial charge in [0, 0.05) is 37.3 Å². The van der Waals surface area contributed by atoms with E-state index >= 15 is 0 Å². The van der Waals surface area contributed by atoms with Crippen LogP contribution in [0.4, 0.5) is 5.69 Å². The smallest absolute Gasteiger partial charge is 0.227 e. The van der Waals surface area contributed by atoms with E-state index < -0.39 is 0 Å². The number of nitrogens with zero attached hydrogens (tertiary/aromatic N) is 2. The van der Waals surface area contributed by atoms with Gasteiger partial charge in [-0.3, -0.25) is 4.79 Å². The fourth-order valence-electron chi connectivity index (χ4n) is 4.15. The second-order valence-corrected chi connectivity index (χ2v) is 7.66. The summed E-state index contributed by atoms with van der Waals surface area (Å²) in [5.74, 6) is 0.263. The van der Waals surface area contributed by atoms with Crippen molar-refractivity contribution in [1.29, 1.82) is 0 Å². The predicted octanol–water partition coefficient (Wildman–Crippen LogP) is 4.92. The minimum Gasteiger partial charge on any atom is -0.309 e. The monoisotopic (exact) mass is 364 g/mol. The molecule has 3 nitrogen and oxygen atoms in total. The number of hydrogen-bond donors (Lipinski definition) is 0. The Hall–Kier alpha value is -2.13. The number of anilines is 1. The number of rotatable bonds is 7. The molecule has 2 aromatic carbocycles. The van der Waals surface area contributed by atoms with Crippen LogP contribution >= 0.6 is 0 Å². The molecule has 1 fully saturated rings. The topological polar surface area (TPSA) is 23.6 Å². The highest BCUT2D eigenvalue weighted by Crippen LogP contribution is 2.26. The van der Waals surface area contributed by atoms with Crippen LogP contribution in [0.3, 0.4) is 0 Å². The first kappa shape index (κ1) is 19.6. The number of hydrogen-bond acceptors (Lipinski definition) is 2. The van der Waals surface area contributed by atoms with Crippen molar-refractivity contribution in [3.63, 3.8) is 0 Å². The van der Waals surface area contributed by atoms with Crippen LogP contribution in [-0.2, 0) is 11.2 Å². The maximum absolute atomic E-state index is 12.8. The fourth-order valence-corrected chi connectivity index (χ4v) is 4.15. The van der Waals surface area contributed by atoms with Gasteiger partial charge in [-0.25, -0.2) is 0 Å². The fraction of sp³-hybridized carbons (Fsp3) is 0.458. The van der Waals surface area contributed by atoms with Crippen LogP contribution in [0.5, 0.6) is 0 Å². The van der Waals surface area contributed by atoms with Gasteiger partial charge in [0.15, 0.2) is 0 Å². The van der Waals surface area contributed by atoms with Gasteiger partial charge >= 0.3 is 0 Å². The summed E-state index contributed by atoms with van der Waals surface area (Å²) in [5.41, 5.74) is 2.45. The minimum atomic E-state index is 0.263. The van der Waals surface area contributed by atoms with Crippen molar-refractivity contribution in [3.05, 3.63) is 66.2 Å². The molecule has 0 bridgehead atoms. The van der Waals surface area contributed by atoms with E-state index in [1.54, 1.807) is 0 Å².